The van der Waals surface area contributed by atoms with Crippen molar-refractivity contribution in [1.82, 2.24) is 8.61 Å². The highest BCUT2D eigenvalue weighted by Crippen LogP contribution is 2.21. The highest BCUT2D eigenvalue weighted by atomic mass is 32.2. The second kappa shape index (κ2) is 5.96. The Morgan fingerprint density at radius 3 is 2.06 bits per heavy atom. The van der Waals surface area contributed by atoms with Gasteiger partial charge in [0.05, 0.1) is 0 Å². The van der Waals surface area contributed by atoms with E-state index in [4.69, 9.17) is 5.73 Å². The van der Waals surface area contributed by atoms with E-state index < -0.39 is 21.0 Å². The van der Waals surface area contributed by atoms with Crippen molar-refractivity contribution >= 4 is 21.0 Å². The maximum absolute atomic E-state index is 12.4. The minimum atomic E-state index is -3.35. The zero-order chi connectivity index (χ0) is 13.2. The zero-order valence-electron chi connectivity index (χ0n) is 10.5. The lowest BCUT2D eigenvalue weighted by Gasteiger charge is -2.35. The summed E-state index contributed by atoms with van der Waals surface area (Å²) in [5.41, 5.74) is 5.60. The van der Waals surface area contributed by atoms with Gasteiger partial charge in [-0.25, -0.2) is 0 Å². The van der Waals surface area contributed by atoms with Gasteiger partial charge in [0.15, 0.2) is 0 Å². The fourth-order valence-electron chi connectivity index (χ4n) is 2.39. The zero-order valence-corrected chi connectivity index (χ0v) is 12.1. The van der Waals surface area contributed by atoms with Gasteiger partial charge in [0, 0.05) is 48.5 Å². The number of rotatable bonds is 3. The Morgan fingerprint density at radius 2 is 1.56 bits per heavy atom. The summed E-state index contributed by atoms with van der Waals surface area (Å²) in [7, 11) is -4.20. The Bertz CT molecular complexity index is 395. The van der Waals surface area contributed by atoms with E-state index >= 15 is 0 Å². The van der Waals surface area contributed by atoms with E-state index in [9.17, 15) is 12.6 Å². The SMILES string of the molecule is NCC1CCN(S(=O)(=O)N2CCS(=O)CC2)CC1. The van der Waals surface area contributed by atoms with E-state index in [0.717, 1.165) is 12.8 Å². The van der Waals surface area contributed by atoms with E-state index in [1.807, 2.05) is 0 Å². The molecule has 2 aliphatic heterocycles. The Balaban J connectivity index is 1.97. The van der Waals surface area contributed by atoms with E-state index in [0.29, 0.717) is 50.1 Å². The smallest absolute Gasteiger partial charge is 0.282 e. The van der Waals surface area contributed by atoms with E-state index in [2.05, 4.69) is 0 Å². The van der Waals surface area contributed by atoms with Gasteiger partial charge < -0.3 is 5.73 Å². The van der Waals surface area contributed by atoms with Crippen molar-refractivity contribution in [2.45, 2.75) is 12.8 Å². The van der Waals surface area contributed by atoms with Crippen molar-refractivity contribution in [3.63, 3.8) is 0 Å². The number of piperidine rings is 1. The third-order valence-electron chi connectivity index (χ3n) is 3.70. The Kier molecular flexibility index (Phi) is 4.76. The molecular formula is C10H21N3O3S2. The largest absolute Gasteiger partial charge is 0.330 e. The molecule has 2 fully saturated rings. The van der Waals surface area contributed by atoms with Crippen LogP contribution < -0.4 is 5.73 Å². The summed E-state index contributed by atoms with van der Waals surface area (Å²) < 4.78 is 39.0. The molecule has 0 amide bonds. The fraction of sp³-hybridized carbons (Fsp3) is 1.00. The van der Waals surface area contributed by atoms with Crippen molar-refractivity contribution in [3.05, 3.63) is 0 Å². The van der Waals surface area contributed by atoms with Crippen molar-refractivity contribution in [2.24, 2.45) is 11.7 Å². The normalized spacial score (nSPS) is 26.5. The summed E-state index contributed by atoms with van der Waals surface area (Å²) in [5, 5.41) is 0. The van der Waals surface area contributed by atoms with Crippen LogP contribution in [0.3, 0.4) is 0 Å². The highest BCUT2D eigenvalue weighted by molar-refractivity contribution is 7.87. The quantitative estimate of drug-likeness (QED) is 0.721. The molecule has 0 aromatic carbocycles. The van der Waals surface area contributed by atoms with Crippen LogP contribution in [-0.4, -0.2) is 65.5 Å². The molecule has 2 rings (SSSR count). The molecule has 0 aromatic rings. The molecule has 0 atom stereocenters. The van der Waals surface area contributed by atoms with Gasteiger partial charge in [0.25, 0.3) is 10.2 Å². The van der Waals surface area contributed by atoms with Crippen LogP contribution in [0.2, 0.25) is 0 Å². The van der Waals surface area contributed by atoms with Crippen LogP contribution in [0.25, 0.3) is 0 Å². The van der Waals surface area contributed by atoms with Crippen LogP contribution in [0, 0.1) is 5.92 Å². The molecule has 0 aromatic heterocycles. The molecule has 0 bridgehead atoms. The van der Waals surface area contributed by atoms with Crippen molar-refractivity contribution in [1.29, 1.82) is 0 Å². The lowest BCUT2D eigenvalue weighted by atomic mass is 9.99. The lowest BCUT2D eigenvalue weighted by Crippen LogP contribution is -2.51. The molecule has 0 spiro atoms. The maximum atomic E-state index is 12.4. The Labute approximate surface area is 111 Å². The summed E-state index contributed by atoms with van der Waals surface area (Å²) in [6.45, 7) is 2.52. The maximum Gasteiger partial charge on any atom is 0.282 e. The second-order valence-electron chi connectivity index (χ2n) is 4.83. The molecule has 2 heterocycles. The topological polar surface area (TPSA) is 83.7 Å². The fourth-order valence-corrected chi connectivity index (χ4v) is 5.32. The van der Waals surface area contributed by atoms with Gasteiger partial charge in [-0.15, -0.1) is 0 Å². The second-order valence-corrected chi connectivity index (χ2v) is 8.46. The van der Waals surface area contributed by atoms with E-state index in [1.165, 1.54) is 4.31 Å². The first-order valence-electron chi connectivity index (χ1n) is 6.34. The summed E-state index contributed by atoms with van der Waals surface area (Å²) in [5.74, 6) is 1.36. The van der Waals surface area contributed by atoms with Crippen LogP contribution in [0.4, 0.5) is 0 Å². The first-order chi connectivity index (χ1) is 8.54. The van der Waals surface area contributed by atoms with Crippen molar-refractivity contribution in [2.75, 3.05) is 44.2 Å². The number of nitrogens with zero attached hydrogens (tertiary/aromatic N) is 2. The van der Waals surface area contributed by atoms with Crippen molar-refractivity contribution in [3.8, 4) is 0 Å². The van der Waals surface area contributed by atoms with Gasteiger partial charge in [-0.2, -0.15) is 17.0 Å². The molecule has 8 heteroatoms. The Hall–Kier alpha value is -0.0200. The summed E-state index contributed by atoms with van der Waals surface area (Å²) in [6, 6.07) is 0. The first kappa shape index (κ1) is 14.4. The van der Waals surface area contributed by atoms with E-state index in [1.54, 1.807) is 4.31 Å². The van der Waals surface area contributed by atoms with Crippen LogP contribution >= 0.6 is 0 Å². The summed E-state index contributed by atoms with van der Waals surface area (Å²) in [6.07, 6.45) is 1.69. The van der Waals surface area contributed by atoms with Gasteiger partial charge in [0.2, 0.25) is 0 Å². The molecule has 2 N–H and O–H groups in total. The van der Waals surface area contributed by atoms with Crippen LogP contribution in [0.5, 0.6) is 0 Å². The molecule has 2 saturated heterocycles. The molecule has 0 aliphatic carbocycles. The molecule has 0 radical (unpaired) electrons. The molecule has 106 valence electrons. The van der Waals surface area contributed by atoms with E-state index in [-0.39, 0.29) is 0 Å². The molecule has 0 saturated carbocycles. The molecule has 18 heavy (non-hydrogen) atoms. The molecule has 2 aliphatic rings. The third kappa shape index (κ3) is 3.11. The van der Waals surface area contributed by atoms with Crippen molar-refractivity contribution < 1.29 is 12.6 Å². The minimum Gasteiger partial charge on any atom is -0.330 e. The predicted octanol–water partition coefficient (Wildman–Crippen LogP) is -1.03. The molecule has 0 unspecified atom stereocenters. The highest BCUT2D eigenvalue weighted by Gasteiger charge is 2.34. The van der Waals surface area contributed by atoms with Crippen LogP contribution in [0.1, 0.15) is 12.8 Å². The standard InChI is InChI=1S/C10H21N3O3S2/c11-9-10-1-3-12(4-2-10)18(15,16)13-5-7-17(14)8-6-13/h10H,1-9,11H2. The van der Waals surface area contributed by atoms with Gasteiger partial charge in [-0.1, -0.05) is 0 Å². The first-order valence-corrected chi connectivity index (χ1v) is 9.23. The van der Waals surface area contributed by atoms with Crippen LogP contribution in [0.15, 0.2) is 0 Å². The molecular weight excluding hydrogens is 274 g/mol. The van der Waals surface area contributed by atoms with Gasteiger partial charge in [-0.05, 0) is 25.3 Å². The van der Waals surface area contributed by atoms with Crippen LogP contribution in [-0.2, 0) is 21.0 Å². The number of hydrogen-bond acceptors (Lipinski definition) is 4. The molecule has 6 nitrogen and oxygen atoms in total. The van der Waals surface area contributed by atoms with Gasteiger partial charge in [-0.3, -0.25) is 4.21 Å². The minimum absolute atomic E-state index is 0.381. The Morgan fingerprint density at radius 1 is 1.06 bits per heavy atom. The van der Waals surface area contributed by atoms with Gasteiger partial charge in [0.1, 0.15) is 0 Å². The van der Waals surface area contributed by atoms with Gasteiger partial charge >= 0.3 is 0 Å². The summed E-state index contributed by atoms with van der Waals surface area (Å²) in [4.78, 5) is 0. The average molecular weight is 295 g/mol. The third-order valence-corrected chi connectivity index (χ3v) is 7.01. The lowest BCUT2D eigenvalue weighted by molar-refractivity contribution is 0.259. The monoisotopic (exact) mass is 295 g/mol. The predicted molar refractivity (Wildman–Crippen MR) is 71.7 cm³/mol. The average Bonchev–Trinajstić information content (AvgIpc) is 2.39. The number of hydrogen-bond donors (Lipinski definition) is 1. The summed E-state index contributed by atoms with van der Waals surface area (Å²) >= 11 is 0. The number of nitrogens with two attached hydrogens (primary N) is 1.